The minimum absolute atomic E-state index is 0.0144. The fourth-order valence-corrected chi connectivity index (χ4v) is 1.37. The number of aliphatic hydroxyl groups is 1. The second-order valence-corrected chi connectivity index (χ2v) is 3.35. The Kier molecular flexibility index (Phi) is 1.88. The van der Waals surface area contributed by atoms with E-state index in [1.165, 1.54) is 6.92 Å². The van der Waals surface area contributed by atoms with Crippen molar-refractivity contribution < 1.29 is 9.90 Å². The fourth-order valence-electron chi connectivity index (χ4n) is 1.37. The average Bonchev–Trinajstić information content (AvgIpc) is 2.50. The molecule has 0 amide bonds. The van der Waals surface area contributed by atoms with Crippen LogP contribution in [-0.2, 0) is 0 Å². The summed E-state index contributed by atoms with van der Waals surface area (Å²) in [6.07, 6.45) is 2.97. The molecule has 0 radical (unpaired) electrons. The first-order valence-corrected chi connectivity index (χ1v) is 4.29. The summed E-state index contributed by atoms with van der Waals surface area (Å²) in [6.45, 7) is 1.45. The molecule has 1 saturated carbocycles. The predicted molar refractivity (Wildman–Crippen MR) is 44.3 cm³/mol. The minimum Gasteiger partial charge on any atom is -0.391 e. The molecule has 5 nitrogen and oxygen atoms in total. The van der Waals surface area contributed by atoms with Crippen LogP contribution in [0.1, 0.15) is 36.3 Å². The van der Waals surface area contributed by atoms with Crippen molar-refractivity contribution in [1.82, 2.24) is 15.0 Å². The van der Waals surface area contributed by atoms with Crippen molar-refractivity contribution in [1.29, 1.82) is 0 Å². The zero-order chi connectivity index (χ0) is 9.42. The van der Waals surface area contributed by atoms with Crippen molar-refractivity contribution in [3.8, 4) is 0 Å². The Morgan fingerprint density at radius 1 is 1.69 bits per heavy atom. The van der Waals surface area contributed by atoms with Crippen LogP contribution in [0.2, 0.25) is 0 Å². The molecule has 0 saturated heterocycles. The molecule has 0 aliphatic heterocycles. The molecular formula is C8H11N3O2. The van der Waals surface area contributed by atoms with Crippen LogP contribution >= 0.6 is 0 Å². The third-order valence-electron chi connectivity index (χ3n) is 2.41. The minimum atomic E-state index is -0.332. The summed E-state index contributed by atoms with van der Waals surface area (Å²) >= 11 is 0. The van der Waals surface area contributed by atoms with Gasteiger partial charge in [0, 0.05) is 6.92 Å². The Balaban J connectivity index is 2.17. The highest BCUT2D eigenvalue weighted by Gasteiger charge is 2.31. The fraction of sp³-hybridized carbons (Fsp3) is 0.625. The van der Waals surface area contributed by atoms with Crippen LogP contribution in [0.25, 0.3) is 0 Å². The highest BCUT2D eigenvalue weighted by atomic mass is 16.3. The molecule has 1 N–H and O–H groups in total. The first-order chi connectivity index (χ1) is 6.18. The van der Waals surface area contributed by atoms with Crippen LogP contribution in [0.5, 0.6) is 0 Å². The van der Waals surface area contributed by atoms with E-state index in [1.807, 2.05) is 0 Å². The van der Waals surface area contributed by atoms with Crippen LogP contribution < -0.4 is 0 Å². The van der Waals surface area contributed by atoms with E-state index in [0.717, 1.165) is 12.8 Å². The summed E-state index contributed by atoms with van der Waals surface area (Å²) in [6, 6.07) is 0.0144. The van der Waals surface area contributed by atoms with E-state index in [-0.39, 0.29) is 17.9 Å². The molecule has 2 rings (SSSR count). The summed E-state index contributed by atoms with van der Waals surface area (Å²) in [5.74, 6) is -0.0972. The first-order valence-electron chi connectivity index (χ1n) is 4.29. The van der Waals surface area contributed by atoms with Gasteiger partial charge in [-0.1, -0.05) is 5.21 Å². The van der Waals surface area contributed by atoms with Gasteiger partial charge in [-0.15, -0.1) is 5.10 Å². The molecule has 1 heterocycles. The maximum atomic E-state index is 10.9. The van der Waals surface area contributed by atoms with Crippen LogP contribution in [0.15, 0.2) is 6.20 Å². The highest BCUT2D eigenvalue weighted by molar-refractivity contribution is 5.91. The molecule has 0 bridgehead atoms. The molecule has 0 spiro atoms. The predicted octanol–water partition coefficient (Wildman–Crippen LogP) is 0.176. The lowest BCUT2D eigenvalue weighted by atomic mass is 9.89. The van der Waals surface area contributed by atoms with E-state index in [9.17, 15) is 9.90 Å². The van der Waals surface area contributed by atoms with Gasteiger partial charge in [-0.3, -0.25) is 4.79 Å². The van der Waals surface area contributed by atoms with Crippen molar-refractivity contribution in [2.45, 2.75) is 31.9 Å². The number of Topliss-reactive ketones (excluding diaryl/α,β-unsaturated/α-hetero) is 1. The van der Waals surface area contributed by atoms with Gasteiger partial charge in [-0.2, -0.15) is 0 Å². The van der Waals surface area contributed by atoms with Crippen LogP contribution in [-0.4, -0.2) is 32.0 Å². The molecule has 0 aromatic carbocycles. The maximum absolute atomic E-state index is 10.9. The van der Waals surface area contributed by atoms with E-state index in [4.69, 9.17) is 0 Å². The molecular weight excluding hydrogens is 170 g/mol. The topological polar surface area (TPSA) is 68.0 Å². The second kappa shape index (κ2) is 2.92. The Labute approximate surface area is 75.4 Å². The molecule has 1 aromatic rings. The van der Waals surface area contributed by atoms with Gasteiger partial charge in [0.25, 0.3) is 0 Å². The summed E-state index contributed by atoms with van der Waals surface area (Å²) in [4.78, 5) is 10.9. The Hall–Kier alpha value is -1.23. The largest absolute Gasteiger partial charge is 0.391 e. The molecule has 1 fully saturated rings. The van der Waals surface area contributed by atoms with E-state index in [0.29, 0.717) is 5.69 Å². The normalized spacial score (nSPS) is 26.9. The van der Waals surface area contributed by atoms with Gasteiger partial charge in [0.1, 0.15) is 5.69 Å². The first kappa shape index (κ1) is 8.37. The van der Waals surface area contributed by atoms with Gasteiger partial charge in [-0.05, 0) is 12.8 Å². The lowest BCUT2D eigenvalue weighted by Crippen LogP contribution is -2.34. The molecule has 2 unspecified atom stereocenters. The van der Waals surface area contributed by atoms with E-state index >= 15 is 0 Å². The van der Waals surface area contributed by atoms with Crippen LogP contribution in [0.3, 0.4) is 0 Å². The van der Waals surface area contributed by atoms with Gasteiger partial charge in [0.2, 0.25) is 0 Å². The smallest absolute Gasteiger partial charge is 0.181 e. The molecule has 5 heteroatoms. The van der Waals surface area contributed by atoms with Crippen molar-refractivity contribution in [3.05, 3.63) is 11.9 Å². The lowest BCUT2D eigenvalue weighted by molar-refractivity contribution is 0.0244. The Bertz CT molecular complexity index is 334. The highest BCUT2D eigenvalue weighted by Crippen LogP contribution is 2.31. The van der Waals surface area contributed by atoms with Crippen molar-refractivity contribution >= 4 is 5.78 Å². The Morgan fingerprint density at radius 3 is 2.85 bits per heavy atom. The van der Waals surface area contributed by atoms with Gasteiger partial charge in [0.15, 0.2) is 5.78 Å². The van der Waals surface area contributed by atoms with Gasteiger partial charge >= 0.3 is 0 Å². The lowest BCUT2D eigenvalue weighted by Gasteiger charge is -2.31. The van der Waals surface area contributed by atoms with Gasteiger partial charge in [-0.25, -0.2) is 4.68 Å². The number of aliphatic hydroxyl groups excluding tert-OH is 1. The maximum Gasteiger partial charge on any atom is 0.181 e. The number of carbonyl (C=O) groups is 1. The zero-order valence-corrected chi connectivity index (χ0v) is 7.34. The van der Waals surface area contributed by atoms with Crippen LogP contribution in [0.4, 0.5) is 0 Å². The Morgan fingerprint density at radius 2 is 2.46 bits per heavy atom. The number of carbonyl (C=O) groups excluding carboxylic acids is 1. The third-order valence-corrected chi connectivity index (χ3v) is 2.41. The number of hydrogen-bond donors (Lipinski definition) is 1. The number of rotatable bonds is 2. The molecule has 1 aliphatic rings. The molecule has 70 valence electrons. The SMILES string of the molecule is CC(=O)c1cn(C2CCC2O)nn1. The molecule has 1 aromatic heterocycles. The standard InChI is InChI=1S/C8H11N3O2/c1-5(12)6-4-11(10-9-6)7-2-3-8(7)13/h4,7-8,13H,2-3H2,1H3. The molecule has 13 heavy (non-hydrogen) atoms. The number of ketones is 1. The van der Waals surface area contributed by atoms with Crippen molar-refractivity contribution in [2.24, 2.45) is 0 Å². The van der Waals surface area contributed by atoms with Crippen molar-refractivity contribution in [3.63, 3.8) is 0 Å². The van der Waals surface area contributed by atoms with E-state index < -0.39 is 0 Å². The molecule has 1 aliphatic carbocycles. The summed E-state index contributed by atoms with van der Waals surface area (Å²) in [7, 11) is 0. The summed E-state index contributed by atoms with van der Waals surface area (Å²) in [5, 5.41) is 16.8. The summed E-state index contributed by atoms with van der Waals surface area (Å²) < 4.78 is 1.57. The third kappa shape index (κ3) is 1.35. The van der Waals surface area contributed by atoms with E-state index in [1.54, 1.807) is 10.9 Å². The number of aromatic nitrogens is 3. The zero-order valence-electron chi connectivity index (χ0n) is 7.34. The quantitative estimate of drug-likeness (QED) is 0.661. The summed E-state index contributed by atoms with van der Waals surface area (Å²) in [5.41, 5.74) is 0.360. The number of hydrogen-bond acceptors (Lipinski definition) is 4. The average molecular weight is 181 g/mol. The van der Waals surface area contributed by atoms with Crippen LogP contribution in [0, 0.1) is 0 Å². The van der Waals surface area contributed by atoms with Gasteiger partial charge < -0.3 is 5.11 Å². The van der Waals surface area contributed by atoms with Gasteiger partial charge in [0.05, 0.1) is 18.3 Å². The molecule has 2 atom stereocenters. The second-order valence-electron chi connectivity index (χ2n) is 3.35. The number of nitrogens with zero attached hydrogens (tertiary/aromatic N) is 3. The van der Waals surface area contributed by atoms with E-state index in [2.05, 4.69) is 10.3 Å². The van der Waals surface area contributed by atoms with Crippen molar-refractivity contribution in [2.75, 3.05) is 0 Å². The monoisotopic (exact) mass is 181 g/mol.